The van der Waals surface area contributed by atoms with Crippen molar-refractivity contribution in [2.75, 3.05) is 11.9 Å². The van der Waals surface area contributed by atoms with Crippen LogP contribution < -0.4 is 10.6 Å². The van der Waals surface area contributed by atoms with Gasteiger partial charge in [0.1, 0.15) is 11.9 Å². The van der Waals surface area contributed by atoms with Gasteiger partial charge in [0.25, 0.3) is 0 Å². The van der Waals surface area contributed by atoms with Gasteiger partial charge in [-0.1, -0.05) is 31.2 Å². The van der Waals surface area contributed by atoms with Gasteiger partial charge in [-0.2, -0.15) is 13.2 Å². The van der Waals surface area contributed by atoms with E-state index < -0.39 is 29.5 Å². The molecular formula is C17H16F4N2O. The molecule has 0 spiro atoms. The van der Waals surface area contributed by atoms with Gasteiger partial charge >= 0.3 is 6.18 Å². The van der Waals surface area contributed by atoms with Crippen LogP contribution in [0.2, 0.25) is 0 Å². The summed E-state index contributed by atoms with van der Waals surface area (Å²) in [7, 11) is 0. The van der Waals surface area contributed by atoms with Gasteiger partial charge in [-0.25, -0.2) is 4.39 Å². The number of rotatable bonds is 5. The first-order valence-corrected chi connectivity index (χ1v) is 7.29. The Morgan fingerprint density at radius 2 is 1.83 bits per heavy atom. The number of carbonyl (C=O) groups is 1. The molecule has 0 bridgehead atoms. The largest absolute Gasteiger partial charge is 0.416 e. The molecule has 0 aromatic heterocycles. The lowest BCUT2D eigenvalue weighted by atomic mass is 10.0. The third kappa shape index (κ3) is 4.32. The van der Waals surface area contributed by atoms with Crippen LogP contribution in [0.15, 0.2) is 48.5 Å². The molecule has 0 aliphatic rings. The van der Waals surface area contributed by atoms with Crippen LogP contribution in [0.1, 0.15) is 24.1 Å². The van der Waals surface area contributed by atoms with E-state index in [4.69, 9.17) is 0 Å². The van der Waals surface area contributed by atoms with Crippen molar-refractivity contribution in [1.82, 2.24) is 5.32 Å². The second kappa shape index (κ2) is 7.44. The summed E-state index contributed by atoms with van der Waals surface area (Å²) in [6.45, 7) is 2.13. The van der Waals surface area contributed by atoms with Gasteiger partial charge in [0.05, 0.1) is 5.56 Å². The van der Waals surface area contributed by atoms with Crippen LogP contribution in [0.25, 0.3) is 0 Å². The van der Waals surface area contributed by atoms with Crippen molar-refractivity contribution in [2.24, 2.45) is 0 Å². The van der Waals surface area contributed by atoms with Gasteiger partial charge in [0, 0.05) is 11.3 Å². The molecule has 2 N–H and O–H groups in total. The summed E-state index contributed by atoms with van der Waals surface area (Å²) in [5, 5.41) is 5.23. The van der Waals surface area contributed by atoms with Crippen molar-refractivity contribution < 1.29 is 22.4 Å². The third-order valence-corrected chi connectivity index (χ3v) is 3.34. The average Bonchev–Trinajstić information content (AvgIpc) is 2.53. The zero-order valence-electron chi connectivity index (χ0n) is 12.8. The van der Waals surface area contributed by atoms with Crippen molar-refractivity contribution in [3.63, 3.8) is 0 Å². The maximum absolute atomic E-state index is 13.9. The van der Waals surface area contributed by atoms with Crippen LogP contribution in [0.3, 0.4) is 0 Å². The van der Waals surface area contributed by atoms with Gasteiger partial charge < -0.3 is 10.6 Å². The Labute approximate surface area is 136 Å². The molecule has 2 rings (SSSR count). The Morgan fingerprint density at radius 3 is 2.46 bits per heavy atom. The quantitative estimate of drug-likeness (QED) is 0.804. The summed E-state index contributed by atoms with van der Waals surface area (Å²) in [6.07, 6.45) is -4.51. The number of hydrogen-bond donors (Lipinski definition) is 2. The number of benzene rings is 2. The molecule has 0 fully saturated rings. The Kier molecular flexibility index (Phi) is 5.56. The number of amides is 1. The fourth-order valence-electron chi connectivity index (χ4n) is 2.24. The molecule has 0 saturated heterocycles. The normalized spacial score (nSPS) is 12.7. The Balaban J connectivity index is 2.24. The minimum Gasteiger partial charge on any atom is -0.324 e. The fraction of sp³-hybridized carbons (Fsp3) is 0.235. The lowest BCUT2D eigenvalue weighted by Crippen LogP contribution is -2.33. The molecule has 2 aromatic carbocycles. The fourth-order valence-corrected chi connectivity index (χ4v) is 2.24. The van der Waals surface area contributed by atoms with E-state index in [1.165, 1.54) is 30.3 Å². The Morgan fingerprint density at radius 1 is 1.12 bits per heavy atom. The molecule has 0 saturated carbocycles. The van der Waals surface area contributed by atoms with E-state index in [9.17, 15) is 22.4 Å². The van der Waals surface area contributed by atoms with Crippen molar-refractivity contribution in [1.29, 1.82) is 0 Å². The number of anilines is 1. The molecule has 0 radical (unpaired) electrons. The highest BCUT2D eigenvalue weighted by Gasteiger charge is 2.31. The summed E-state index contributed by atoms with van der Waals surface area (Å²) < 4.78 is 52.1. The van der Waals surface area contributed by atoms with E-state index >= 15 is 0 Å². The molecule has 0 heterocycles. The Hall–Kier alpha value is -2.41. The maximum atomic E-state index is 13.9. The van der Waals surface area contributed by atoms with Crippen molar-refractivity contribution >= 4 is 11.6 Å². The molecule has 1 unspecified atom stereocenters. The van der Waals surface area contributed by atoms with Crippen LogP contribution >= 0.6 is 0 Å². The van der Waals surface area contributed by atoms with Crippen molar-refractivity contribution in [2.45, 2.75) is 19.1 Å². The lowest BCUT2D eigenvalue weighted by molar-refractivity contribution is -0.137. The van der Waals surface area contributed by atoms with E-state index in [1.54, 1.807) is 13.0 Å². The topological polar surface area (TPSA) is 41.1 Å². The number of nitrogens with one attached hydrogen (secondary N) is 2. The SMILES string of the molecule is CCNC(C(=O)Nc1cccc(C(F)(F)F)c1)c1ccccc1F. The highest BCUT2D eigenvalue weighted by molar-refractivity contribution is 5.95. The van der Waals surface area contributed by atoms with Crippen LogP contribution in [0.4, 0.5) is 23.2 Å². The summed E-state index contributed by atoms with van der Waals surface area (Å²) in [5.74, 6) is -1.20. The molecule has 128 valence electrons. The first-order chi connectivity index (χ1) is 11.3. The predicted octanol–water partition coefficient (Wildman–Crippen LogP) is 4.13. The molecule has 1 amide bonds. The predicted molar refractivity (Wildman–Crippen MR) is 82.9 cm³/mol. The summed E-state index contributed by atoms with van der Waals surface area (Å²) in [5.41, 5.74) is -0.746. The lowest BCUT2D eigenvalue weighted by Gasteiger charge is -2.19. The molecule has 3 nitrogen and oxygen atoms in total. The molecule has 7 heteroatoms. The average molecular weight is 340 g/mol. The van der Waals surface area contributed by atoms with E-state index in [1.807, 2.05) is 0 Å². The van der Waals surface area contributed by atoms with E-state index in [0.717, 1.165) is 12.1 Å². The van der Waals surface area contributed by atoms with E-state index in [0.29, 0.717) is 6.54 Å². The number of hydrogen-bond acceptors (Lipinski definition) is 2. The van der Waals surface area contributed by atoms with Crippen LogP contribution in [0, 0.1) is 5.82 Å². The van der Waals surface area contributed by atoms with Crippen LogP contribution in [0.5, 0.6) is 0 Å². The number of carbonyl (C=O) groups excluding carboxylic acids is 1. The zero-order valence-corrected chi connectivity index (χ0v) is 12.8. The Bertz CT molecular complexity index is 716. The maximum Gasteiger partial charge on any atom is 0.416 e. The minimum absolute atomic E-state index is 0.00549. The molecule has 0 aliphatic carbocycles. The summed E-state index contributed by atoms with van der Waals surface area (Å²) in [4.78, 5) is 12.4. The first-order valence-electron chi connectivity index (χ1n) is 7.29. The van der Waals surface area contributed by atoms with E-state index in [2.05, 4.69) is 10.6 Å². The van der Waals surface area contributed by atoms with Crippen molar-refractivity contribution in [3.05, 3.63) is 65.5 Å². The minimum atomic E-state index is -4.51. The summed E-state index contributed by atoms with van der Waals surface area (Å²) in [6, 6.07) is 9.03. The first kappa shape index (κ1) is 17.9. The van der Waals surface area contributed by atoms with Crippen LogP contribution in [-0.4, -0.2) is 12.5 Å². The molecule has 2 aromatic rings. The van der Waals surface area contributed by atoms with Gasteiger partial charge in [0.15, 0.2) is 0 Å². The highest BCUT2D eigenvalue weighted by atomic mass is 19.4. The second-order valence-electron chi connectivity index (χ2n) is 5.08. The number of alkyl halides is 3. The molecule has 0 aliphatic heterocycles. The third-order valence-electron chi connectivity index (χ3n) is 3.34. The molecule has 1 atom stereocenters. The van der Waals surface area contributed by atoms with Gasteiger partial charge in [-0.05, 0) is 30.8 Å². The van der Waals surface area contributed by atoms with Crippen LogP contribution in [-0.2, 0) is 11.0 Å². The standard InChI is InChI=1S/C17H16F4N2O/c1-2-22-15(13-8-3-4-9-14(13)18)16(24)23-12-7-5-6-11(10-12)17(19,20)21/h3-10,15,22H,2H2,1H3,(H,23,24). The van der Waals surface area contributed by atoms with E-state index in [-0.39, 0.29) is 11.3 Å². The van der Waals surface area contributed by atoms with Gasteiger partial charge in [0.2, 0.25) is 5.91 Å². The highest BCUT2D eigenvalue weighted by Crippen LogP contribution is 2.31. The second-order valence-corrected chi connectivity index (χ2v) is 5.08. The summed E-state index contributed by atoms with van der Waals surface area (Å²) >= 11 is 0. The van der Waals surface area contributed by atoms with Crippen molar-refractivity contribution in [3.8, 4) is 0 Å². The molecule has 24 heavy (non-hydrogen) atoms. The monoisotopic (exact) mass is 340 g/mol. The zero-order chi connectivity index (χ0) is 17.7. The molecular weight excluding hydrogens is 324 g/mol. The number of likely N-dealkylation sites (N-methyl/N-ethyl adjacent to an activating group) is 1. The number of halogens is 4. The van der Waals surface area contributed by atoms with Gasteiger partial charge in [-0.15, -0.1) is 0 Å². The smallest absolute Gasteiger partial charge is 0.324 e. The van der Waals surface area contributed by atoms with Gasteiger partial charge in [-0.3, -0.25) is 4.79 Å².